The Morgan fingerprint density at radius 3 is 3.21 bits per heavy atom. The van der Waals surface area contributed by atoms with Crippen molar-refractivity contribution in [2.24, 2.45) is 0 Å². The Bertz CT molecular complexity index is 522. The van der Waals surface area contributed by atoms with Gasteiger partial charge in [0.05, 0.1) is 15.2 Å². The number of aryl methyl sites for hydroxylation is 2. The van der Waals surface area contributed by atoms with Gasteiger partial charge in [-0.05, 0) is 37.0 Å². The molecular formula is C12H11NS. The summed E-state index contributed by atoms with van der Waals surface area (Å²) in [5.74, 6) is 0. The molecule has 14 heavy (non-hydrogen) atoms. The molecule has 0 radical (unpaired) electrons. The number of nitrogens with zero attached hydrogens (tertiary/aromatic N) is 1. The molecule has 1 heterocycles. The lowest BCUT2D eigenvalue weighted by molar-refractivity contribution is 0.992. The summed E-state index contributed by atoms with van der Waals surface area (Å²) in [5, 5.41) is 1.17. The lowest BCUT2D eigenvalue weighted by atomic mass is 9.96. The molecule has 1 aromatic heterocycles. The number of fused-ring (bicyclic) bond motifs is 3. The highest BCUT2D eigenvalue weighted by Crippen LogP contribution is 2.30. The number of thiazole rings is 1. The zero-order valence-corrected chi connectivity index (χ0v) is 8.90. The summed E-state index contributed by atoms with van der Waals surface area (Å²) < 4.78 is 1.33. The fraction of sp³-hybridized carbons (Fsp3) is 0.250. The van der Waals surface area contributed by atoms with Gasteiger partial charge in [-0.15, -0.1) is 11.3 Å². The minimum absolute atomic E-state index is 1.15. The van der Waals surface area contributed by atoms with Crippen LogP contribution in [0.1, 0.15) is 22.6 Å². The Labute approximate surface area is 87.1 Å². The standard InChI is InChI=1S/C12H11NS/c1-8-13-12-10-5-3-2-4-9(10)6-7-11(12)14-8/h2,4,6-7H,3,5H2,1H3. The van der Waals surface area contributed by atoms with Crippen molar-refractivity contribution in [3.8, 4) is 0 Å². The predicted molar refractivity (Wildman–Crippen MR) is 61.7 cm³/mol. The van der Waals surface area contributed by atoms with Crippen molar-refractivity contribution in [3.05, 3.63) is 34.3 Å². The lowest BCUT2D eigenvalue weighted by Crippen LogP contribution is -1.94. The van der Waals surface area contributed by atoms with Crippen LogP contribution >= 0.6 is 11.3 Å². The van der Waals surface area contributed by atoms with Crippen molar-refractivity contribution in [1.29, 1.82) is 0 Å². The van der Waals surface area contributed by atoms with Crippen molar-refractivity contribution in [2.75, 3.05) is 0 Å². The van der Waals surface area contributed by atoms with Crippen molar-refractivity contribution in [1.82, 2.24) is 4.98 Å². The molecule has 0 saturated carbocycles. The SMILES string of the molecule is Cc1nc2c3c(ccc2s1)C=CCC3. The van der Waals surface area contributed by atoms with Gasteiger partial charge in [-0.3, -0.25) is 0 Å². The van der Waals surface area contributed by atoms with Gasteiger partial charge in [-0.25, -0.2) is 4.98 Å². The Morgan fingerprint density at radius 1 is 1.36 bits per heavy atom. The summed E-state index contributed by atoms with van der Waals surface area (Å²) in [7, 11) is 0. The fourth-order valence-corrected chi connectivity index (χ4v) is 2.89. The van der Waals surface area contributed by atoms with E-state index >= 15 is 0 Å². The van der Waals surface area contributed by atoms with Gasteiger partial charge in [0.2, 0.25) is 0 Å². The van der Waals surface area contributed by atoms with E-state index in [0.717, 1.165) is 12.8 Å². The van der Waals surface area contributed by atoms with E-state index in [0.29, 0.717) is 0 Å². The Kier molecular flexibility index (Phi) is 1.71. The first-order valence-corrected chi connectivity index (χ1v) is 5.72. The molecule has 1 aliphatic carbocycles. The average Bonchev–Trinajstić information content (AvgIpc) is 2.59. The van der Waals surface area contributed by atoms with Crippen LogP contribution in [0.5, 0.6) is 0 Å². The monoisotopic (exact) mass is 201 g/mol. The molecule has 0 N–H and O–H groups in total. The van der Waals surface area contributed by atoms with E-state index in [4.69, 9.17) is 0 Å². The van der Waals surface area contributed by atoms with Gasteiger partial charge in [0.1, 0.15) is 0 Å². The Hall–Kier alpha value is -1.15. The average molecular weight is 201 g/mol. The largest absolute Gasteiger partial charge is 0.241 e. The molecule has 1 aliphatic rings. The molecule has 0 saturated heterocycles. The molecule has 0 unspecified atom stereocenters. The summed E-state index contributed by atoms with van der Waals surface area (Å²) in [5.41, 5.74) is 4.03. The molecule has 70 valence electrons. The van der Waals surface area contributed by atoms with Crippen LogP contribution in [0.3, 0.4) is 0 Å². The quantitative estimate of drug-likeness (QED) is 0.635. The smallest absolute Gasteiger partial charge is 0.0907 e. The Morgan fingerprint density at radius 2 is 2.29 bits per heavy atom. The van der Waals surface area contributed by atoms with Crippen LogP contribution in [0.2, 0.25) is 0 Å². The topological polar surface area (TPSA) is 12.9 Å². The molecule has 2 aromatic rings. The highest BCUT2D eigenvalue weighted by atomic mass is 32.1. The molecule has 0 spiro atoms. The molecule has 0 bridgehead atoms. The third kappa shape index (κ3) is 1.11. The maximum atomic E-state index is 4.61. The third-order valence-corrected chi connectivity index (χ3v) is 3.60. The number of hydrogen-bond donors (Lipinski definition) is 0. The summed E-state index contributed by atoms with van der Waals surface area (Å²) in [6, 6.07) is 4.40. The van der Waals surface area contributed by atoms with Gasteiger partial charge in [0, 0.05) is 0 Å². The minimum Gasteiger partial charge on any atom is -0.241 e. The molecule has 3 rings (SSSR count). The van der Waals surface area contributed by atoms with E-state index in [2.05, 4.69) is 36.2 Å². The Balaban J connectivity index is 2.40. The van der Waals surface area contributed by atoms with Crippen LogP contribution in [0, 0.1) is 6.92 Å². The first-order chi connectivity index (χ1) is 6.84. The van der Waals surface area contributed by atoms with E-state index < -0.39 is 0 Å². The summed E-state index contributed by atoms with van der Waals surface area (Å²) in [6.07, 6.45) is 6.76. The second kappa shape index (κ2) is 2.92. The third-order valence-electron chi connectivity index (χ3n) is 2.67. The fourth-order valence-electron chi connectivity index (χ4n) is 2.03. The molecule has 1 nitrogen and oxygen atoms in total. The lowest BCUT2D eigenvalue weighted by Gasteiger charge is -2.09. The first-order valence-electron chi connectivity index (χ1n) is 4.90. The van der Waals surface area contributed by atoms with E-state index in [9.17, 15) is 0 Å². The van der Waals surface area contributed by atoms with Crippen LogP contribution in [0.4, 0.5) is 0 Å². The van der Waals surface area contributed by atoms with E-state index in [1.807, 2.05) is 0 Å². The predicted octanol–water partition coefficient (Wildman–Crippen LogP) is 3.56. The number of hydrogen-bond acceptors (Lipinski definition) is 2. The van der Waals surface area contributed by atoms with Crippen LogP contribution in [-0.2, 0) is 6.42 Å². The van der Waals surface area contributed by atoms with E-state index in [1.165, 1.54) is 26.4 Å². The number of benzene rings is 1. The summed E-state index contributed by atoms with van der Waals surface area (Å²) in [6.45, 7) is 2.08. The highest BCUT2D eigenvalue weighted by molar-refractivity contribution is 7.18. The molecule has 0 atom stereocenters. The van der Waals surface area contributed by atoms with Gasteiger partial charge >= 0.3 is 0 Å². The van der Waals surface area contributed by atoms with Crippen LogP contribution in [0.15, 0.2) is 18.2 Å². The summed E-state index contributed by atoms with van der Waals surface area (Å²) >= 11 is 1.79. The van der Waals surface area contributed by atoms with E-state index in [1.54, 1.807) is 11.3 Å². The molecule has 0 aliphatic heterocycles. The van der Waals surface area contributed by atoms with Crippen molar-refractivity contribution in [3.63, 3.8) is 0 Å². The number of aromatic nitrogens is 1. The van der Waals surface area contributed by atoms with Crippen LogP contribution in [-0.4, -0.2) is 4.98 Å². The first kappa shape index (κ1) is 8.18. The van der Waals surface area contributed by atoms with Crippen molar-refractivity contribution < 1.29 is 0 Å². The maximum Gasteiger partial charge on any atom is 0.0907 e. The second-order valence-electron chi connectivity index (χ2n) is 3.65. The maximum absolute atomic E-state index is 4.61. The molecule has 0 amide bonds. The number of rotatable bonds is 0. The van der Waals surface area contributed by atoms with Gasteiger partial charge in [0.25, 0.3) is 0 Å². The van der Waals surface area contributed by atoms with Crippen molar-refractivity contribution >= 4 is 27.6 Å². The number of allylic oxidation sites excluding steroid dienone is 1. The summed E-state index contributed by atoms with van der Waals surface area (Å²) in [4.78, 5) is 4.61. The molecule has 2 heteroatoms. The van der Waals surface area contributed by atoms with Gasteiger partial charge in [-0.1, -0.05) is 18.2 Å². The van der Waals surface area contributed by atoms with Gasteiger partial charge in [0.15, 0.2) is 0 Å². The van der Waals surface area contributed by atoms with Crippen molar-refractivity contribution in [2.45, 2.75) is 19.8 Å². The van der Waals surface area contributed by atoms with E-state index in [-0.39, 0.29) is 0 Å². The van der Waals surface area contributed by atoms with Gasteiger partial charge < -0.3 is 0 Å². The normalized spacial score (nSPS) is 14.6. The molecule has 0 fully saturated rings. The zero-order valence-electron chi connectivity index (χ0n) is 8.08. The second-order valence-corrected chi connectivity index (χ2v) is 4.89. The van der Waals surface area contributed by atoms with Gasteiger partial charge in [-0.2, -0.15) is 0 Å². The highest BCUT2D eigenvalue weighted by Gasteiger charge is 2.11. The molecule has 1 aromatic carbocycles. The minimum atomic E-state index is 1.15. The van der Waals surface area contributed by atoms with Crippen LogP contribution < -0.4 is 0 Å². The van der Waals surface area contributed by atoms with Crippen LogP contribution in [0.25, 0.3) is 16.3 Å². The molecular weight excluding hydrogens is 190 g/mol. The zero-order chi connectivity index (χ0) is 9.54.